The molecule has 23 rings (SSSR count). The van der Waals surface area contributed by atoms with E-state index in [9.17, 15) is 0 Å². The van der Waals surface area contributed by atoms with Crippen LogP contribution in [-0.4, -0.2) is 44.9 Å². The summed E-state index contributed by atoms with van der Waals surface area (Å²) >= 11 is 0. The normalized spacial score (nSPS) is 11.4. The van der Waals surface area contributed by atoms with Crippen molar-refractivity contribution in [2.75, 3.05) is 0 Å². The van der Waals surface area contributed by atoms with Gasteiger partial charge in [-0.05, 0) is 116 Å². The Bertz CT molecular complexity index is 7600. The van der Waals surface area contributed by atoms with Gasteiger partial charge >= 0.3 is 0 Å². The summed E-state index contributed by atoms with van der Waals surface area (Å²) in [4.78, 5) is 44.0. The lowest BCUT2D eigenvalue weighted by molar-refractivity contribution is 0.668. The molecule has 0 fully saturated rings. The van der Waals surface area contributed by atoms with E-state index in [0.29, 0.717) is 52.4 Å². The Morgan fingerprint density at radius 1 is 0.134 bits per heavy atom. The van der Waals surface area contributed by atoms with Crippen LogP contribution in [0.4, 0.5) is 0 Å². The van der Waals surface area contributed by atoms with Gasteiger partial charge in [-0.15, -0.1) is 0 Å². The number of para-hydroxylation sites is 3. The zero-order valence-electron chi connectivity index (χ0n) is 63.9. The Morgan fingerprint density at radius 3 is 0.916 bits per heavy atom. The molecule has 0 spiro atoms. The topological polar surface area (TPSA) is 155 Å². The van der Waals surface area contributed by atoms with Gasteiger partial charge in [0.05, 0.1) is 0 Å². The van der Waals surface area contributed by atoms with Crippen molar-refractivity contribution in [2.24, 2.45) is 0 Å². The summed E-state index contributed by atoms with van der Waals surface area (Å²) in [6, 6.07) is 138. The largest absolute Gasteiger partial charge is 0.456 e. The zero-order valence-corrected chi connectivity index (χ0v) is 63.9. The Labute approximate surface area is 683 Å². The van der Waals surface area contributed by atoms with Gasteiger partial charge in [-0.25, -0.2) is 44.9 Å². The number of nitrogens with zero attached hydrogens (tertiary/aromatic N) is 9. The first-order chi connectivity index (χ1) is 58.9. The molecule has 0 radical (unpaired) electrons. The van der Waals surface area contributed by atoms with Crippen molar-refractivity contribution in [1.29, 1.82) is 0 Å². The molecule has 0 saturated carbocycles. The lowest BCUT2D eigenvalue weighted by atomic mass is 9.94. The summed E-state index contributed by atoms with van der Waals surface area (Å²) in [6.45, 7) is 0. The molecule has 0 amide bonds. The summed E-state index contributed by atoms with van der Waals surface area (Å²) in [5.74, 6) is 5.86. The third-order valence-electron chi connectivity index (χ3n) is 21.6. The van der Waals surface area contributed by atoms with Crippen molar-refractivity contribution in [3.8, 4) is 136 Å². The minimum Gasteiger partial charge on any atom is -0.456 e. The van der Waals surface area contributed by atoms with Crippen LogP contribution in [0.25, 0.3) is 223 Å². The Hall–Kier alpha value is -16.3. The smallest absolute Gasteiger partial charge is 0.164 e. The fraction of sp³-hybridized carbons (Fsp3) is 0. The molecule has 119 heavy (non-hydrogen) atoms. The Morgan fingerprint density at radius 2 is 0.437 bits per heavy atom. The standard InChI is InChI=1S/2C37H23N3O.C33H21N3O/c1-3-11-24(12-4-1)35-38-36(25-13-5-2-6-14-25)40-37(39-35)31-21-20-27(28-15-7-8-16-29(28)31)26-19-22-34-32(23-26)30-17-9-10-18-33(30)41-34;1-2-10-26(11-3-1)35-38-36(40-37(39-35)29-22-17-24-9-4-5-12-28(24)23-29)27-20-18-25(19-21-27)30-14-8-16-33-34(30)31-13-6-7-15-32(31)41-33;1-3-9-23(10-4-1)31-34-32(24-11-5-2-6-12-24)36-33(35-31)25-17-15-22(16-18-25)26-19-20-30-28(21-26)27-13-7-8-14-29(27)37-30/h2*1-23H;1-21H. The van der Waals surface area contributed by atoms with E-state index in [-0.39, 0.29) is 0 Å². The first kappa shape index (κ1) is 70.5. The first-order valence-electron chi connectivity index (χ1n) is 39.5. The Kier molecular flexibility index (Phi) is 18.3. The van der Waals surface area contributed by atoms with Crippen molar-refractivity contribution in [1.82, 2.24) is 44.9 Å². The molecule has 0 unspecified atom stereocenters. The fourth-order valence-electron chi connectivity index (χ4n) is 15.7. The molecule has 17 aromatic carbocycles. The van der Waals surface area contributed by atoms with Gasteiger partial charge in [-0.1, -0.05) is 346 Å². The van der Waals surface area contributed by atoms with Gasteiger partial charge in [0.2, 0.25) is 0 Å². The first-order valence-corrected chi connectivity index (χ1v) is 39.5. The highest BCUT2D eigenvalue weighted by Crippen LogP contribution is 2.42. The number of aromatic nitrogens is 9. The molecule has 558 valence electrons. The van der Waals surface area contributed by atoms with Crippen LogP contribution in [0.1, 0.15) is 0 Å². The van der Waals surface area contributed by atoms with Gasteiger partial charge < -0.3 is 13.3 Å². The van der Waals surface area contributed by atoms with Gasteiger partial charge in [0, 0.05) is 82.4 Å². The van der Waals surface area contributed by atoms with Crippen LogP contribution in [-0.2, 0) is 0 Å². The molecule has 23 aromatic rings. The molecule has 12 heteroatoms. The molecule has 12 nitrogen and oxygen atoms in total. The molecule has 6 heterocycles. The molecule has 0 aliphatic rings. The van der Waals surface area contributed by atoms with Crippen LogP contribution in [0.5, 0.6) is 0 Å². The number of hydrogen-bond donors (Lipinski definition) is 0. The van der Waals surface area contributed by atoms with Crippen molar-refractivity contribution < 1.29 is 13.3 Å². The number of benzene rings is 17. The minimum atomic E-state index is 0.639. The second-order valence-electron chi connectivity index (χ2n) is 29.1. The lowest BCUT2D eigenvalue weighted by Gasteiger charge is -2.13. The van der Waals surface area contributed by atoms with Crippen molar-refractivity contribution in [3.05, 3.63) is 406 Å². The molecular formula is C107H67N9O3. The number of fused-ring (bicyclic) bond motifs is 11. The monoisotopic (exact) mass is 1530 g/mol. The minimum absolute atomic E-state index is 0.639. The molecular weight excluding hydrogens is 1460 g/mol. The third-order valence-corrected chi connectivity index (χ3v) is 21.6. The van der Waals surface area contributed by atoms with Gasteiger partial charge in [0.25, 0.3) is 0 Å². The van der Waals surface area contributed by atoms with Crippen LogP contribution in [0.2, 0.25) is 0 Å². The summed E-state index contributed by atoms with van der Waals surface area (Å²) < 4.78 is 18.2. The summed E-state index contributed by atoms with van der Waals surface area (Å²) in [5.41, 5.74) is 20.7. The van der Waals surface area contributed by atoms with Gasteiger partial charge in [-0.2, -0.15) is 0 Å². The summed E-state index contributed by atoms with van der Waals surface area (Å²) in [7, 11) is 0. The number of furan rings is 3. The van der Waals surface area contributed by atoms with E-state index in [1.54, 1.807) is 0 Å². The van der Waals surface area contributed by atoms with E-state index < -0.39 is 0 Å². The maximum atomic E-state index is 6.12. The summed E-state index contributed by atoms with van der Waals surface area (Å²) in [6.07, 6.45) is 0. The van der Waals surface area contributed by atoms with Crippen LogP contribution >= 0.6 is 0 Å². The fourth-order valence-corrected chi connectivity index (χ4v) is 15.7. The Balaban J connectivity index is 0.000000111. The third kappa shape index (κ3) is 14.0. The molecule has 0 atom stereocenters. The van der Waals surface area contributed by atoms with E-state index >= 15 is 0 Å². The van der Waals surface area contributed by atoms with Crippen LogP contribution in [0, 0.1) is 0 Å². The highest BCUT2D eigenvalue weighted by Gasteiger charge is 2.21. The quantitative estimate of drug-likeness (QED) is 0.114. The van der Waals surface area contributed by atoms with Crippen LogP contribution in [0.3, 0.4) is 0 Å². The van der Waals surface area contributed by atoms with Crippen molar-refractivity contribution in [3.63, 3.8) is 0 Å². The zero-order chi connectivity index (χ0) is 79.0. The molecule has 0 aliphatic carbocycles. The van der Waals surface area contributed by atoms with E-state index in [1.165, 1.54) is 5.39 Å². The second kappa shape index (κ2) is 30.9. The maximum Gasteiger partial charge on any atom is 0.164 e. The average molecular weight is 1530 g/mol. The highest BCUT2D eigenvalue weighted by molar-refractivity contribution is 6.13. The molecule has 0 saturated heterocycles. The second-order valence-corrected chi connectivity index (χ2v) is 29.1. The predicted molar refractivity (Wildman–Crippen MR) is 482 cm³/mol. The molecule has 0 N–H and O–H groups in total. The average Bonchev–Trinajstić information content (AvgIpc) is 1.75. The van der Waals surface area contributed by atoms with E-state index in [1.807, 2.05) is 212 Å². The SMILES string of the molecule is c1ccc(-c2nc(-c3ccc(-c4cccc5oc6ccccc6c45)cc3)nc(-c3ccc4ccccc4c3)n2)cc1.c1ccc(-c2nc(-c3ccccc3)nc(-c3ccc(-c4ccc5oc6ccccc6c5c4)c4ccccc34)n2)cc1.c1ccc(-c2nc(-c3ccccc3)nc(-c3ccc(-c4ccc5oc6ccccc6c5c4)cc3)n2)cc1. The highest BCUT2D eigenvalue weighted by atomic mass is 16.3. The van der Waals surface area contributed by atoms with Crippen LogP contribution in [0.15, 0.2) is 420 Å². The molecule has 0 bridgehead atoms. The van der Waals surface area contributed by atoms with Gasteiger partial charge in [-0.3, -0.25) is 0 Å². The number of rotatable bonds is 12. The van der Waals surface area contributed by atoms with Gasteiger partial charge in [0.15, 0.2) is 52.4 Å². The lowest BCUT2D eigenvalue weighted by Crippen LogP contribution is -2.00. The molecule has 6 aromatic heterocycles. The predicted octanol–water partition coefficient (Wildman–Crippen LogP) is 27.6. The van der Waals surface area contributed by atoms with Crippen molar-refractivity contribution >= 4 is 87.4 Å². The maximum absolute atomic E-state index is 6.12. The molecule has 0 aliphatic heterocycles. The van der Waals surface area contributed by atoms with Crippen molar-refractivity contribution in [2.45, 2.75) is 0 Å². The number of hydrogen-bond acceptors (Lipinski definition) is 12. The van der Waals surface area contributed by atoms with E-state index in [2.05, 4.69) is 194 Å². The van der Waals surface area contributed by atoms with E-state index in [0.717, 1.165) is 165 Å². The van der Waals surface area contributed by atoms with Gasteiger partial charge in [0.1, 0.15) is 33.5 Å². The van der Waals surface area contributed by atoms with Crippen LogP contribution < -0.4 is 0 Å². The van der Waals surface area contributed by atoms with E-state index in [4.69, 9.17) is 58.1 Å². The summed E-state index contributed by atoms with van der Waals surface area (Å²) in [5, 5.41) is 11.3.